The Bertz CT molecular complexity index is 691. The smallest absolute Gasteiger partial charge is 0.328 e. The maximum atomic E-state index is 12.1. The van der Waals surface area contributed by atoms with Crippen LogP contribution in [-0.2, 0) is 4.79 Å². The van der Waals surface area contributed by atoms with E-state index in [1.807, 2.05) is 0 Å². The Morgan fingerprint density at radius 2 is 1.71 bits per heavy atom. The number of nitrogens with one attached hydrogen (secondary N) is 1. The number of rotatable bonds is 4. The highest BCUT2D eigenvalue weighted by molar-refractivity contribution is 6.07. The Morgan fingerprint density at radius 3 is 2.33 bits per heavy atom. The number of carboxylic acids is 1. The molecule has 0 radical (unpaired) electrons. The van der Waals surface area contributed by atoms with Crippen LogP contribution in [0.15, 0.2) is 54.6 Å². The molecule has 0 heterocycles. The second-order valence-corrected chi connectivity index (χ2v) is 4.33. The van der Waals surface area contributed by atoms with Crippen LogP contribution in [0.4, 0.5) is 11.4 Å². The zero-order valence-corrected chi connectivity index (χ0v) is 11.1. The molecular weight excluding hydrogens is 268 g/mol. The van der Waals surface area contributed by atoms with Crippen LogP contribution in [0.2, 0.25) is 0 Å². The molecule has 1 amide bonds. The predicted octanol–water partition coefficient (Wildman–Crippen LogP) is 2.62. The molecule has 2 rings (SSSR count). The number of para-hydroxylation sites is 1. The van der Waals surface area contributed by atoms with Gasteiger partial charge in [-0.15, -0.1) is 0 Å². The van der Waals surface area contributed by atoms with E-state index in [9.17, 15) is 9.59 Å². The third-order valence-electron chi connectivity index (χ3n) is 2.79. The van der Waals surface area contributed by atoms with Gasteiger partial charge in [-0.3, -0.25) is 4.79 Å². The molecule has 0 aliphatic heterocycles. The molecule has 0 saturated heterocycles. The first-order valence-electron chi connectivity index (χ1n) is 6.23. The average molecular weight is 282 g/mol. The van der Waals surface area contributed by atoms with Gasteiger partial charge < -0.3 is 16.2 Å². The number of hydrogen-bond acceptors (Lipinski definition) is 3. The number of carboxylic acid groups (broad SMARTS) is 1. The van der Waals surface area contributed by atoms with Crippen molar-refractivity contribution in [2.45, 2.75) is 0 Å². The Kier molecular flexibility index (Phi) is 4.36. The van der Waals surface area contributed by atoms with E-state index in [2.05, 4.69) is 5.32 Å². The Labute approximate surface area is 121 Å². The summed E-state index contributed by atoms with van der Waals surface area (Å²) in [4.78, 5) is 22.5. The van der Waals surface area contributed by atoms with Crippen molar-refractivity contribution in [1.82, 2.24) is 0 Å². The number of carbonyl (C=O) groups excluding carboxylic acids is 1. The normalized spacial score (nSPS) is 10.5. The first kappa shape index (κ1) is 14.3. The van der Waals surface area contributed by atoms with Gasteiger partial charge in [-0.25, -0.2) is 4.79 Å². The summed E-state index contributed by atoms with van der Waals surface area (Å²) in [5, 5.41) is 11.3. The quantitative estimate of drug-likeness (QED) is 0.593. The minimum absolute atomic E-state index is 0.290. The minimum atomic E-state index is -1.01. The van der Waals surface area contributed by atoms with Crippen LogP contribution >= 0.6 is 0 Å². The van der Waals surface area contributed by atoms with Crippen molar-refractivity contribution in [2.24, 2.45) is 0 Å². The molecule has 2 aromatic rings. The van der Waals surface area contributed by atoms with Crippen molar-refractivity contribution >= 4 is 29.3 Å². The fraction of sp³-hybridized carbons (Fsp3) is 0. The van der Waals surface area contributed by atoms with E-state index in [1.165, 1.54) is 6.08 Å². The van der Waals surface area contributed by atoms with E-state index >= 15 is 0 Å². The highest BCUT2D eigenvalue weighted by Crippen LogP contribution is 2.15. The molecule has 5 nitrogen and oxygen atoms in total. The maximum Gasteiger partial charge on any atom is 0.328 e. The van der Waals surface area contributed by atoms with Gasteiger partial charge in [0.05, 0.1) is 5.56 Å². The van der Waals surface area contributed by atoms with Gasteiger partial charge in [0.15, 0.2) is 0 Å². The van der Waals surface area contributed by atoms with Crippen molar-refractivity contribution in [3.8, 4) is 0 Å². The number of carbonyl (C=O) groups is 2. The van der Waals surface area contributed by atoms with Crippen LogP contribution in [0.1, 0.15) is 15.9 Å². The van der Waals surface area contributed by atoms with Crippen LogP contribution < -0.4 is 11.1 Å². The van der Waals surface area contributed by atoms with Gasteiger partial charge in [0.2, 0.25) is 0 Å². The lowest BCUT2D eigenvalue weighted by molar-refractivity contribution is -0.131. The monoisotopic (exact) mass is 282 g/mol. The molecule has 0 fully saturated rings. The zero-order valence-electron chi connectivity index (χ0n) is 11.1. The molecule has 0 bridgehead atoms. The second-order valence-electron chi connectivity index (χ2n) is 4.33. The molecule has 21 heavy (non-hydrogen) atoms. The average Bonchev–Trinajstić information content (AvgIpc) is 2.47. The van der Waals surface area contributed by atoms with E-state index in [-0.39, 0.29) is 5.91 Å². The molecule has 4 N–H and O–H groups in total. The summed E-state index contributed by atoms with van der Waals surface area (Å²) in [5.74, 6) is -1.30. The summed E-state index contributed by atoms with van der Waals surface area (Å²) in [6, 6.07) is 13.6. The topological polar surface area (TPSA) is 92.4 Å². The summed E-state index contributed by atoms with van der Waals surface area (Å²) in [6.07, 6.45) is 2.53. The highest BCUT2D eigenvalue weighted by Gasteiger charge is 2.08. The molecule has 0 aliphatic carbocycles. The van der Waals surface area contributed by atoms with Gasteiger partial charge in [0, 0.05) is 17.5 Å². The predicted molar refractivity (Wildman–Crippen MR) is 81.9 cm³/mol. The molecule has 0 saturated carbocycles. The first-order chi connectivity index (χ1) is 10.1. The van der Waals surface area contributed by atoms with E-state index in [0.717, 1.165) is 11.6 Å². The summed E-state index contributed by atoms with van der Waals surface area (Å²) >= 11 is 0. The third kappa shape index (κ3) is 3.94. The summed E-state index contributed by atoms with van der Waals surface area (Å²) < 4.78 is 0. The molecule has 0 aliphatic rings. The minimum Gasteiger partial charge on any atom is -0.478 e. The van der Waals surface area contributed by atoms with E-state index < -0.39 is 5.97 Å². The maximum absolute atomic E-state index is 12.1. The van der Waals surface area contributed by atoms with Crippen molar-refractivity contribution in [2.75, 3.05) is 11.1 Å². The largest absolute Gasteiger partial charge is 0.478 e. The summed E-state index contributed by atoms with van der Waals surface area (Å²) in [6.45, 7) is 0. The number of hydrogen-bond donors (Lipinski definition) is 3. The number of nitrogen functional groups attached to an aromatic ring is 1. The third-order valence-corrected chi connectivity index (χ3v) is 2.79. The van der Waals surface area contributed by atoms with Crippen molar-refractivity contribution in [1.29, 1.82) is 0 Å². The fourth-order valence-electron chi connectivity index (χ4n) is 1.75. The van der Waals surface area contributed by atoms with Crippen molar-refractivity contribution < 1.29 is 14.7 Å². The summed E-state index contributed by atoms with van der Waals surface area (Å²) in [5.41, 5.74) is 7.90. The molecular formula is C16H14N2O3. The van der Waals surface area contributed by atoms with Crippen molar-refractivity contribution in [3.63, 3.8) is 0 Å². The van der Waals surface area contributed by atoms with Gasteiger partial charge >= 0.3 is 5.97 Å². The molecule has 0 unspecified atom stereocenters. The van der Waals surface area contributed by atoms with Crippen LogP contribution in [0, 0.1) is 0 Å². The molecule has 106 valence electrons. The molecule has 5 heteroatoms. The Morgan fingerprint density at radius 1 is 1.05 bits per heavy atom. The van der Waals surface area contributed by atoms with Gasteiger partial charge in [-0.2, -0.15) is 0 Å². The van der Waals surface area contributed by atoms with Gasteiger partial charge in [0.1, 0.15) is 0 Å². The van der Waals surface area contributed by atoms with Crippen LogP contribution in [0.3, 0.4) is 0 Å². The number of amides is 1. The van der Waals surface area contributed by atoms with E-state index in [4.69, 9.17) is 10.8 Å². The molecule has 0 aromatic heterocycles. The van der Waals surface area contributed by atoms with Crippen LogP contribution in [0.5, 0.6) is 0 Å². The number of aliphatic carboxylic acids is 1. The lowest BCUT2D eigenvalue weighted by Gasteiger charge is -2.07. The van der Waals surface area contributed by atoms with Gasteiger partial charge in [0.25, 0.3) is 5.91 Å². The van der Waals surface area contributed by atoms with Crippen LogP contribution in [-0.4, -0.2) is 17.0 Å². The number of nitrogens with two attached hydrogens (primary N) is 1. The standard InChI is InChI=1S/C16H14N2O3/c17-14-4-2-1-3-13(14)16(21)18-12-8-5-11(6-9-12)7-10-15(19)20/h1-10H,17H2,(H,18,21)(H,19,20)/b10-7+. The summed E-state index contributed by atoms with van der Waals surface area (Å²) in [7, 11) is 0. The second kappa shape index (κ2) is 6.38. The van der Waals surface area contributed by atoms with Crippen molar-refractivity contribution in [3.05, 3.63) is 65.7 Å². The highest BCUT2D eigenvalue weighted by atomic mass is 16.4. The molecule has 0 spiro atoms. The van der Waals surface area contributed by atoms with Gasteiger partial charge in [-0.05, 0) is 35.9 Å². The number of benzene rings is 2. The zero-order chi connectivity index (χ0) is 15.2. The van der Waals surface area contributed by atoms with Gasteiger partial charge in [-0.1, -0.05) is 24.3 Å². The first-order valence-corrected chi connectivity index (χ1v) is 6.23. The molecule has 0 atom stereocenters. The lowest BCUT2D eigenvalue weighted by atomic mass is 10.1. The lowest BCUT2D eigenvalue weighted by Crippen LogP contribution is -2.13. The Hall–Kier alpha value is -3.08. The van der Waals surface area contributed by atoms with E-state index in [0.29, 0.717) is 16.9 Å². The fourth-order valence-corrected chi connectivity index (χ4v) is 1.75. The van der Waals surface area contributed by atoms with E-state index in [1.54, 1.807) is 48.5 Å². The SMILES string of the molecule is Nc1ccccc1C(=O)Nc1ccc(/C=C/C(=O)O)cc1. The number of anilines is 2. The van der Waals surface area contributed by atoms with Crippen LogP contribution in [0.25, 0.3) is 6.08 Å². The molecule has 2 aromatic carbocycles. The Balaban J connectivity index is 2.09.